The average Bonchev–Trinajstić information content (AvgIpc) is 2.49. The summed E-state index contributed by atoms with van der Waals surface area (Å²) in [5.74, 6) is -0.684. The van der Waals surface area contributed by atoms with Gasteiger partial charge in [0.05, 0.1) is 0 Å². The van der Waals surface area contributed by atoms with Crippen LogP contribution in [-0.2, 0) is 4.79 Å². The third-order valence-electron chi connectivity index (χ3n) is 4.10. The lowest BCUT2D eigenvalue weighted by Gasteiger charge is -2.16. The minimum Gasteiger partial charge on any atom is -0.481 e. The van der Waals surface area contributed by atoms with E-state index in [0.717, 1.165) is 19.3 Å². The fraction of sp³-hybridized carbons (Fsp3) is 0.944. The SMILES string of the molecule is CCCCCCCCCCC[C@@H](Br)[C@@H](Br)CCCCC(=O)O. The molecule has 0 aliphatic rings. The maximum absolute atomic E-state index is 10.5. The number of hydrogen-bond acceptors (Lipinski definition) is 1. The molecule has 0 radical (unpaired) electrons. The zero-order valence-corrected chi connectivity index (χ0v) is 17.3. The summed E-state index contributed by atoms with van der Waals surface area (Å²) in [5.41, 5.74) is 0. The van der Waals surface area contributed by atoms with Gasteiger partial charge in [-0.2, -0.15) is 0 Å². The molecule has 0 saturated heterocycles. The van der Waals surface area contributed by atoms with Crippen LogP contribution in [0.1, 0.15) is 96.8 Å². The van der Waals surface area contributed by atoms with Crippen molar-refractivity contribution in [1.82, 2.24) is 0 Å². The van der Waals surface area contributed by atoms with Gasteiger partial charge in [-0.3, -0.25) is 4.79 Å². The molecular weight excluding hydrogens is 408 g/mol. The van der Waals surface area contributed by atoms with Crippen LogP contribution in [0.2, 0.25) is 0 Å². The standard InChI is InChI=1S/C18H34Br2O2/c1-2-3-4-5-6-7-8-9-10-13-16(19)17(20)14-11-12-15-18(21)22/h16-17H,2-15H2,1H3,(H,21,22)/t16-,17+/m1/s1. The molecule has 0 saturated carbocycles. The van der Waals surface area contributed by atoms with E-state index in [1.54, 1.807) is 0 Å². The third kappa shape index (κ3) is 15.3. The van der Waals surface area contributed by atoms with Gasteiger partial charge in [0.2, 0.25) is 0 Å². The highest BCUT2D eigenvalue weighted by atomic mass is 79.9. The maximum atomic E-state index is 10.5. The van der Waals surface area contributed by atoms with Crippen molar-refractivity contribution >= 4 is 37.8 Å². The molecule has 22 heavy (non-hydrogen) atoms. The van der Waals surface area contributed by atoms with Crippen molar-refractivity contribution in [3.8, 4) is 0 Å². The molecule has 0 unspecified atom stereocenters. The smallest absolute Gasteiger partial charge is 0.303 e. The van der Waals surface area contributed by atoms with Gasteiger partial charge in [0, 0.05) is 16.1 Å². The second-order valence-electron chi connectivity index (χ2n) is 6.29. The lowest BCUT2D eigenvalue weighted by Crippen LogP contribution is -2.14. The van der Waals surface area contributed by atoms with Gasteiger partial charge in [-0.25, -0.2) is 0 Å². The van der Waals surface area contributed by atoms with Gasteiger partial charge in [-0.15, -0.1) is 0 Å². The summed E-state index contributed by atoms with van der Waals surface area (Å²) in [6, 6.07) is 0. The molecule has 0 spiro atoms. The zero-order chi connectivity index (χ0) is 16.6. The summed E-state index contributed by atoms with van der Waals surface area (Å²) >= 11 is 7.51. The van der Waals surface area contributed by atoms with E-state index in [1.807, 2.05) is 0 Å². The number of carboxylic acid groups (broad SMARTS) is 1. The number of unbranched alkanes of at least 4 members (excludes halogenated alkanes) is 9. The Hall–Kier alpha value is 0.430. The third-order valence-corrected chi connectivity index (χ3v) is 7.00. The molecule has 0 fully saturated rings. The molecule has 0 rings (SSSR count). The molecule has 0 amide bonds. The first-order valence-electron chi connectivity index (χ1n) is 9.07. The number of aliphatic carboxylic acids is 1. The zero-order valence-electron chi connectivity index (χ0n) is 14.2. The summed E-state index contributed by atoms with van der Waals surface area (Å²) in [4.78, 5) is 11.4. The van der Waals surface area contributed by atoms with Crippen LogP contribution in [0.25, 0.3) is 0 Å². The first-order valence-corrected chi connectivity index (χ1v) is 10.9. The van der Waals surface area contributed by atoms with Crippen LogP contribution in [0.15, 0.2) is 0 Å². The van der Waals surface area contributed by atoms with E-state index in [1.165, 1.54) is 64.2 Å². The van der Waals surface area contributed by atoms with Crippen LogP contribution >= 0.6 is 31.9 Å². The predicted octanol–water partition coefficient (Wildman–Crippen LogP) is 7.08. The minimum atomic E-state index is -0.684. The van der Waals surface area contributed by atoms with Crippen molar-refractivity contribution < 1.29 is 9.90 Å². The van der Waals surface area contributed by atoms with Crippen molar-refractivity contribution in [3.63, 3.8) is 0 Å². The molecular formula is C18H34Br2O2. The molecule has 2 nitrogen and oxygen atoms in total. The Morgan fingerprint density at radius 3 is 1.64 bits per heavy atom. The van der Waals surface area contributed by atoms with Gasteiger partial charge in [0.1, 0.15) is 0 Å². The molecule has 0 heterocycles. The Morgan fingerprint density at radius 1 is 0.773 bits per heavy atom. The largest absolute Gasteiger partial charge is 0.481 e. The summed E-state index contributed by atoms with van der Waals surface area (Å²) in [6.07, 6.45) is 16.7. The molecule has 4 heteroatoms. The van der Waals surface area contributed by atoms with Crippen molar-refractivity contribution in [3.05, 3.63) is 0 Å². The molecule has 0 aromatic carbocycles. The minimum absolute atomic E-state index is 0.297. The van der Waals surface area contributed by atoms with Gasteiger partial charge in [0.25, 0.3) is 0 Å². The highest BCUT2D eigenvalue weighted by molar-refractivity contribution is 9.12. The van der Waals surface area contributed by atoms with Crippen LogP contribution in [0.4, 0.5) is 0 Å². The van der Waals surface area contributed by atoms with E-state index < -0.39 is 5.97 Å². The first-order chi connectivity index (χ1) is 10.6. The summed E-state index contributed by atoms with van der Waals surface area (Å²) in [5, 5.41) is 8.61. The monoisotopic (exact) mass is 440 g/mol. The molecule has 132 valence electrons. The van der Waals surface area contributed by atoms with Gasteiger partial charge in [0.15, 0.2) is 0 Å². The molecule has 0 aliphatic heterocycles. The number of carbonyl (C=O) groups is 1. The fourth-order valence-electron chi connectivity index (χ4n) is 2.63. The first kappa shape index (κ1) is 22.4. The maximum Gasteiger partial charge on any atom is 0.303 e. The number of rotatable bonds is 16. The van der Waals surface area contributed by atoms with Crippen LogP contribution < -0.4 is 0 Å². The average molecular weight is 442 g/mol. The quantitative estimate of drug-likeness (QED) is 0.205. The van der Waals surface area contributed by atoms with Crippen LogP contribution in [0.3, 0.4) is 0 Å². The highest BCUT2D eigenvalue weighted by Gasteiger charge is 2.15. The number of halogens is 2. The number of hydrogen-bond donors (Lipinski definition) is 1. The lowest BCUT2D eigenvalue weighted by atomic mass is 10.0. The second-order valence-corrected chi connectivity index (χ2v) is 8.64. The van der Waals surface area contributed by atoms with Gasteiger partial charge < -0.3 is 5.11 Å². The topological polar surface area (TPSA) is 37.3 Å². The van der Waals surface area contributed by atoms with Crippen molar-refractivity contribution in [2.24, 2.45) is 0 Å². The molecule has 2 atom stereocenters. The number of carboxylic acids is 1. The fourth-order valence-corrected chi connectivity index (χ4v) is 3.80. The normalized spacial score (nSPS) is 14.0. The van der Waals surface area contributed by atoms with Crippen molar-refractivity contribution in [2.45, 2.75) is 106 Å². The van der Waals surface area contributed by atoms with E-state index in [4.69, 9.17) is 5.11 Å². The molecule has 0 aromatic heterocycles. The Balaban J connectivity index is 3.36. The van der Waals surface area contributed by atoms with Gasteiger partial charge in [-0.05, 0) is 19.3 Å². The van der Waals surface area contributed by atoms with Crippen LogP contribution in [-0.4, -0.2) is 20.7 Å². The molecule has 0 aromatic rings. The predicted molar refractivity (Wildman–Crippen MR) is 103 cm³/mol. The van der Waals surface area contributed by atoms with Crippen LogP contribution in [0, 0.1) is 0 Å². The molecule has 0 bridgehead atoms. The Morgan fingerprint density at radius 2 is 1.18 bits per heavy atom. The van der Waals surface area contributed by atoms with E-state index in [0.29, 0.717) is 16.1 Å². The van der Waals surface area contributed by atoms with E-state index in [-0.39, 0.29) is 0 Å². The van der Waals surface area contributed by atoms with Gasteiger partial charge >= 0.3 is 5.97 Å². The summed E-state index contributed by atoms with van der Waals surface area (Å²) < 4.78 is 0. The second kappa shape index (κ2) is 16.3. The van der Waals surface area contributed by atoms with E-state index >= 15 is 0 Å². The van der Waals surface area contributed by atoms with Crippen molar-refractivity contribution in [2.75, 3.05) is 0 Å². The Labute approximate surface area is 154 Å². The Bertz CT molecular complexity index is 259. The number of alkyl halides is 2. The highest BCUT2D eigenvalue weighted by Crippen LogP contribution is 2.25. The molecule has 0 aliphatic carbocycles. The van der Waals surface area contributed by atoms with E-state index in [9.17, 15) is 4.79 Å². The lowest BCUT2D eigenvalue weighted by molar-refractivity contribution is -0.137. The van der Waals surface area contributed by atoms with Crippen LogP contribution in [0.5, 0.6) is 0 Å². The van der Waals surface area contributed by atoms with Gasteiger partial charge in [-0.1, -0.05) is 103 Å². The Kier molecular flexibility index (Phi) is 16.6. The van der Waals surface area contributed by atoms with Crippen molar-refractivity contribution in [1.29, 1.82) is 0 Å². The molecule has 1 N–H and O–H groups in total. The summed E-state index contributed by atoms with van der Waals surface area (Å²) in [7, 11) is 0. The summed E-state index contributed by atoms with van der Waals surface area (Å²) in [6.45, 7) is 2.26. The van der Waals surface area contributed by atoms with E-state index in [2.05, 4.69) is 38.8 Å².